The Labute approximate surface area is 140 Å². The van der Waals surface area contributed by atoms with E-state index in [2.05, 4.69) is 14.7 Å². The number of fused-ring (bicyclic) bond motifs is 1. The van der Waals surface area contributed by atoms with Crippen molar-refractivity contribution in [1.29, 1.82) is 0 Å². The van der Waals surface area contributed by atoms with Crippen molar-refractivity contribution in [2.45, 2.75) is 30.0 Å². The number of pyridine rings is 1. The van der Waals surface area contributed by atoms with Crippen LogP contribution in [0, 0.1) is 0 Å². The number of nitrogens with one attached hydrogen (secondary N) is 1. The van der Waals surface area contributed by atoms with Crippen molar-refractivity contribution >= 4 is 33.7 Å². The lowest BCUT2D eigenvalue weighted by molar-refractivity contribution is 0.542. The quantitative estimate of drug-likeness (QED) is 0.396. The van der Waals surface area contributed by atoms with Crippen LogP contribution in [0.4, 0.5) is 0 Å². The Morgan fingerprint density at radius 2 is 2.30 bits per heavy atom. The van der Waals surface area contributed by atoms with E-state index in [-0.39, 0.29) is 25.0 Å². The number of allylic oxidation sites excluding steroid dienone is 1. The third-order valence-corrected chi connectivity index (χ3v) is 6.42. The van der Waals surface area contributed by atoms with E-state index < -0.39 is 14.2 Å². The SMILES string of the molecule is CCC(CNS(=O)(=O)C1(Cl)CC=Cc2cnccc21)N=C(N)N. The summed E-state index contributed by atoms with van der Waals surface area (Å²) in [5.41, 5.74) is 11.9. The highest BCUT2D eigenvalue weighted by Gasteiger charge is 2.45. The molecule has 2 atom stereocenters. The second kappa shape index (κ2) is 6.86. The summed E-state index contributed by atoms with van der Waals surface area (Å²) in [5, 5.41) is 0. The zero-order valence-electron chi connectivity index (χ0n) is 12.7. The highest BCUT2D eigenvalue weighted by Crippen LogP contribution is 2.43. The molecular formula is C14H20ClN5O2S. The van der Waals surface area contributed by atoms with Gasteiger partial charge < -0.3 is 11.5 Å². The van der Waals surface area contributed by atoms with Crippen LogP contribution in [0.3, 0.4) is 0 Å². The number of nitrogens with two attached hydrogens (primary N) is 2. The van der Waals surface area contributed by atoms with Gasteiger partial charge in [-0.15, -0.1) is 0 Å². The Morgan fingerprint density at radius 3 is 2.96 bits per heavy atom. The average molecular weight is 358 g/mol. The third-order valence-electron chi connectivity index (χ3n) is 3.67. The molecule has 2 rings (SSSR count). The molecule has 1 aromatic rings. The molecule has 1 aliphatic rings. The fraction of sp³-hybridized carbons (Fsp3) is 0.429. The van der Waals surface area contributed by atoms with E-state index in [9.17, 15) is 8.42 Å². The zero-order chi connectivity index (χ0) is 17.1. The summed E-state index contributed by atoms with van der Waals surface area (Å²) in [7, 11) is -3.85. The van der Waals surface area contributed by atoms with E-state index in [4.69, 9.17) is 23.1 Å². The number of guanidine groups is 1. The molecule has 1 heterocycles. The lowest BCUT2D eigenvalue weighted by Crippen LogP contribution is -2.44. The van der Waals surface area contributed by atoms with Gasteiger partial charge in [0.15, 0.2) is 10.2 Å². The van der Waals surface area contributed by atoms with Crippen molar-refractivity contribution in [3.05, 3.63) is 35.7 Å². The maximum Gasteiger partial charge on any atom is 0.236 e. The topological polar surface area (TPSA) is 123 Å². The molecule has 23 heavy (non-hydrogen) atoms. The van der Waals surface area contributed by atoms with Crippen LogP contribution in [-0.4, -0.2) is 31.9 Å². The summed E-state index contributed by atoms with van der Waals surface area (Å²) >= 11 is 6.51. The van der Waals surface area contributed by atoms with Crippen LogP contribution in [0.5, 0.6) is 0 Å². The van der Waals surface area contributed by atoms with E-state index in [1.165, 1.54) is 6.20 Å². The largest absolute Gasteiger partial charge is 0.370 e. The number of hydrogen-bond donors (Lipinski definition) is 3. The van der Waals surface area contributed by atoms with Crippen LogP contribution in [0.1, 0.15) is 30.9 Å². The van der Waals surface area contributed by atoms with Crippen molar-refractivity contribution in [2.75, 3.05) is 6.54 Å². The van der Waals surface area contributed by atoms with Crippen LogP contribution in [0.2, 0.25) is 0 Å². The van der Waals surface area contributed by atoms with Gasteiger partial charge in [-0.1, -0.05) is 30.7 Å². The number of halogens is 1. The summed E-state index contributed by atoms with van der Waals surface area (Å²) in [6, 6.07) is 1.28. The highest BCUT2D eigenvalue weighted by molar-refractivity contribution is 7.91. The van der Waals surface area contributed by atoms with E-state index in [0.717, 1.165) is 0 Å². The Bertz CT molecular complexity index is 730. The van der Waals surface area contributed by atoms with Gasteiger partial charge in [0, 0.05) is 30.9 Å². The van der Waals surface area contributed by atoms with Gasteiger partial charge in [-0.25, -0.2) is 18.1 Å². The summed E-state index contributed by atoms with van der Waals surface area (Å²) in [4.78, 5) is 7.98. The number of aliphatic imine (C=N–C) groups is 1. The second-order valence-corrected chi connectivity index (χ2v) is 8.13. The lowest BCUT2D eigenvalue weighted by Gasteiger charge is -2.30. The van der Waals surface area contributed by atoms with Gasteiger partial charge in [-0.3, -0.25) is 4.98 Å². The van der Waals surface area contributed by atoms with E-state index >= 15 is 0 Å². The van der Waals surface area contributed by atoms with E-state index in [1.807, 2.05) is 13.0 Å². The molecule has 9 heteroatoms. The minimum Gasteiger partial charge on any atom is -0.370 e. The molecule has 1 aromatic heterocycles. The summed E-state index contributed by atoms with van der Waals surface area (Å²) in [6.45, 7) is 1.95. The first kappa shape index (κ1) is 17.7. The van der Waals surface area contributed by atoms with Gasteiger partial charge in [0.25, 0.3) is 0 Å². The van der Waals surface area contributed by atoms with Gasteiger partial charge in [-0.05, 0) is 18.1 Å². The Hall–Kier alpha value is -1.64. The maximum atomic E-state index is 12.8. The molecule has 2 unspecified atom stereocenters. The first-order valence-electron chi connectivity index (χ1n) is 7.18. The Morgan fingerprint density at radius 1 is 1.57 bits per heavy atom. The lowest BCUT2D eigenvalue weighted by atomic mass is 9.99. The second-order valence-electron chi connectivity index (χ2n) is 5.27. The van der Waals surface area contributed by atoms with Crippen molar-refractivity contribution in [1.82, 2.24) is 9.71 Å². The standard InChI is InChI=1S/C14H20ClN5O2S/c1-2-11(20-13(16)17)9-19-23(21,22)14(15)6-3-4-10-8-18-7-5-12(10)14/h3-5,7-8,11,19H,2,6,9H2,1H3,(H4,16,17,20). The van der Waals surface area contributed by atoms with Crippen LogP contribution in [0.25, 0.3) is 6.08 Å². The van der Waals surface area contributed by atoms with Crippen LogP contribution >= 0.6 is 11.6 Å². The first-order valence-corrected chi connectivity index (χ1v) is 9.04. The molecular weight excluding hydrogens is 338 g/mol. The molecule has 0 amide bonds. The fourth-order valence-corrected chi connectivity index (χ4v) is 4.25. The third kappa shape index (κ3) is 3.65. The molecule has 0 aromatic carbocycles. The smallest absolute Gasteiger partial charge is 0.236 e. The van der Waals surface area contributed by atoms with E-state index in [1.54, 1.807) is 18.3 Å². The number of sulfonamides is 1. The first-order chi connectivity index (χ1) is 10.8. The van der Waals surface area contributed by atoms with Crippen molar-refractivity contribution in [2.24, 2.45) is 16.5 Å². The van der Waals surface area contributed by atoms with E-state index in [0.29, 0.717) is 17.5 Å². The van der Waals surface area contributed by atoms with Gasteiger partial charge in [0.2, 0.25) is 10.0 Å². The summed E-state index contributed by atoms with van der Waals surface area (Å²) in [5.74, 6) is -0.0753. The number of alkyl halides is 1. The predicted molar refractivity (Wildman–Crippen MR) is 92.2 cm³/mol. The zero-order valence-corrected chi connectivity index (χ0v) is 14.3. The van der Waals surface area contributed by atoms with Crippen molar-refractivity contribution < 1.29 is 8.42 Å². The Kier molecular flexibility index (Phi) is 5.28. The minimum absolute atomic E-state index is 0.0753. The molecule has 0 spiro atoms. The van der Waals surface area contributed by atoms with Gasteiger partial charge in [0.05, 0.1) is 6.04 Å². The molecule has 0 bridgehead atoms. The van der Waals surface area contributed by atoms with Gasteiger partial charge in [-0.2, -0.15) is 0 Å². The molecule has 0 aliphatic heterocycles. The van der Waals surface area contributed by atoms with Crippen LogP contribution in [-0.2, 0) is 14.2 Å². The molecule has 7 nitrogen and oxygen atoms in total. The molecule has 1 aliphatic carbocycles. The predicted octanol–water partition coefficient (Wildman–Crippen LogP) is 0.861. The molecule has 0 saturated heterocycles. The van der Waals surface area contributed by atoms with Crippen LogP contribution in [0.15, 0.2) is 29.5 Å². The molecule has 5 N–H and O–H groups in total. The van der Waals surface area contributed by atoms with Crippen molar-refractivity contribution in [3.63, 3.8) is 0 Å². The molecule has 0 saturated carbocycles. The summed E-state index contributed by atoms with van der Waals surface area (Å²) < 4.78 is 26.5. The average Bonchev–Trinajstić information content (AvgIpc) is 2.51. The number of aromatic nitrogens is 1. The number of nitrogens with zero attached hydrogens (tertiary/aromatic N) is 2. The number of hydrogen-bond acceptors (Lipinski definition) is 4. The monoisotopic (exact) mass is 357 g/mol. The van der Waals surface area contributed by atoms with Crippen molar-refractivity contribution in [3.8, 4) is 0 Å². The molecule has 126 valence electrons. The van der Waals surface area contributed by atoms with Gasteiger partial charge in [0.1, 0.15) is 0 Å². The fourth-order valence-electron chi connectivity index (χ4n) is 2.39. The normalized spacial score (nSPS) is 21.5. The Balaban J connectivity index is 2.26. The molecule has 0 fully saturated rings. The minimum atomic E-state index is -3.85. The molecule has 0 radical (unpaired) electrons. The number of rotatable bonds is 6. The maximum absolute atomic E-state index is 12.8. The van der Waals surface area contributed by atoms with Crippen LogP contribution < -0.4 is 16.2 Å². The van der Waals surface area contributed by atoms with Gasteiger partial charge >= 0.3 is 0 Å². The highest BCUT2D eigenvalue weighted by atomic mass is 35.5. The summed E-state index contributed by atoms with van der Waals surface area (Å²) in [6.07, 6.45) is 7.41.